The maximum absolute atomic E-state index is 14.3. The first-order valence-electron chi connectivity index (χ1n) is 13.4. The number of carbonyl (C=O) groups excluding carboxylic acids is 3. The molecule has 0 aromatic heterocycles. The number of rotatable bonds is 6. The Kier molecular flexibility index (Phi) is 6.98. The van der Waals surface area contributed by atoms with E-state index in [0.717, 1.165) is 12.0 Å². The van der Waals surface area contributed by atoms with Crippen molar-refractivity contribution in [1.82, 2.24) is 9.80 Å². The number of amides is 2. The average Bonchev–Trinajstić information content (AvgIpc) is 3.29. The Hall–Kier alpha value is -2.97. The van der Waals surface area contributed by atoms with E-state index in [1.807, 2.05) is 68.5 Å². The zero-order valence-electron chi connectivity index (χ0n) is 21.5. The van der Waals surface area contributed by atoms with Gasteiger partial charge in [-0.3, -0.25) is 14.4 Å². The normalized spacial score (nSPS) is 35.0. The summed E-state index contributed by atoms with van der Waals surface area (Å²) in [6, 6.07) is 8.14. The number of hydrogen-bond donors (Lipinski definition) is 1. The molecule has 4 aliphatic rings. The molecular formula is C29H36N2O6. The second kappa shape index (κ2) is 10.1. The smallest absolute Gasteiger partial charge is 0.313 e. The van der Waals surface area contributed by atoms with Gasteiger partial charge in [-0.1, -0.05) is 68.5 Å². The fourth-order valence-corrected chi connectivity index (χ4v) is 6.61. The molecule has 2 saturated heterocycles. The number of nitrogens with zero attached hydrogens (tertiary/aromatic N) is 2. The summed E-state index contributed by atoms with van der Waals surface area (Å²) in [6.45, 7) is 4.53. The van der Waals surface area contributed by atoms with Crippen LogP contribution in [0.4, 0.5) is 0 Å². The number of carbonyl (C=O) groups is 3. The zero-order chi connectivity index (χ0) is 26.2. The van der Waals surface area contributed by atoms with Crippen LogP contribution in [0.1, 0.15) is 45.1 Å². The van der Waals surface area contributed by atoms with E-state index in [1.54, 1.807) is 4.90 Å². The molecule has 0 radical (unpaired) electrons. The van der Waals surface area contributed by atoms with Gasteiger partial charge in [-0.05, 0) is 31.2 Å². The number of esters is 1. The van der Waals surface area contributed by atoms with Crippen molar-refractivity contribution in [3.05, 3.63) is 60.2 Å². The molecule has 1 aromatic carbocycles. The molecule has 0 aliphatic carbocycles. The molecule has 1 aromatic rings. The molecule has 1 unspecified atom stereocenters. The van der Waals surface area contributed by atoms with Crippen molar-refractivity contribution in [3.63, 3.8) is 0 Å². The van der Waals surface area contributed by atoms with Gasteiger partial charge in [0.05, 0.1) is 25.2 Å². The molecule has 1 N–H and O–H groups in total. The molecule has 0 saturated carbocycles. The molecule has 0 bridgehead atoms. The minimum Gasteiger partial charge on any atom is -0.465 e. The fraction of sp³-hybridized carbons (Fsp3) is 0.552. The van der Waals surface area contributed by atoms with E-state index in [4.69, 9.17) is 9.47 Å². The van der Waals surface area contributed by atoms with Gasteiger partial charge >= 0.3 is 5.97 Å². The fourth-order valence-electron chi connectivity index (χ4n) is 6.61. The average molecular weight is 509 g/mol. The summed E-state index contributed by atoms with van der Waals surface area (Å²) in [5, 5.41) is 10.2. The Morgan fingerprint density at radius 1 is 1.05 bits per heavy atom. The standard InChI is InChI=1S/C29H36N2O6/c1-3-21(19-32)31-24-26(34)30(18-20-12-7-5-8-13-20)16-11-15-29(24)22(25(31)33)23-27(35)36-17-10-6-9-14-28(23,4-2)37-29/h5,7-9,11-15,21-24,32H,3-4,6,10,16-19H2,1-2H3/b14-9-/t21-,22-,23+,24?,28-,29-/m0/s1. The van der Waals surface area contributed by atoms with E-state index in [-0.39, 0.29) is 25.0 Å². The van der Waals surface area contributed by atoms with Crippen LogP contribution in [-0.4, -0.2) is 75.7 Å². The predicted molar refractivity (Wildman–Crippen MR) is 136 cm³/mol. The van der Waals surface area contributed by atoms with Crippen molar-refractivity contribution in [2.45, 2.75) is 69.4 Å². The van der Waals surface area contributed by atoms with Gasteiger partial charge < -0.3 is 24.4 Å². The summed E-state index contributed by atoms with van der Waals surface area (Å²) >= 11 is 0. The largest absolute Gasteiger partial charge is 0.465 e. The number of aliphatic hydroxyl groups excluding tert-OH is 1. The predicted octanol–water partition coefficient (Wildman–Crippen LogP) is 2.61. The number of fused-ring (bicyclic) bond motifs is 2. The Morgan fingerprint density at radius 2 is 1.84 bits per heavy atom. The van der Waals surface area contributed by atoms with Crippen molar-refractivity contribution in [3.8, 4) is 0 Å². The minimum absolute atomic E-state index is 0.244. The second-order valence-electron chi connectivity index (χ2n) is 10.4. The van der Waals surface area contributed by atoms with Crippen LogP contribution in [-0.2, 0) is 30.4 Å². The second-order valence-corrected chi connectivity index (χ2v) is 10.4. The summed E-state index contributed by atoms with van der Waals surface area (Å²) in [6.07, 6.45) is 9.98. The van der Waals surface area contributed by atoms with Crippen LogP contribution in [0.5, 0.6) is 0 Å². The third kappa shape index (κ3) is 4.01. The number of aliphatic hydroxyl groups is 1. The SMILES string of the molecule is CC[C@@H](CO)N1C(=O)[C@@H]2[C@@H]3C(=O)OCCC/C=C\[C@]3(CC)O[C@@]23C=CCN(Cc2ccccc2)C(=O)C13. The lowest BCUT2D eigenvalue weighted by Gasteiger charge is -2.40. The lowest BCUT2D eigenvalue weighted by atomic mass is 9.73. The number of hydrogen-bond acceptors (Lipinski definition) is 6. The van der Waals surface area contributed by atoms with Crippen molar-refractivity contribution >= 4 is 17.8 Å². The zero-order valence-corrected chi connectivity index (χ0v) is 21.5. The molecule has 198 valence electrons. The van der Waals surface area contributed by atoms with Gasteiger partial charge in [-0.15, -0.1) is 0 Å². The molecule has 37 heavy (non-hydrogen) atoms. The molecular weight excluding hydrogens is 472 g/mol. The van der Waals surface area contributed by atoms with Crippen LogP contribution in [0.2, 0.25) is 0 Å². The van der Waals surface area contributed by atoms with Crippen LogP contribution in [0.3, 0.4) is 0 Å². The first kappa shape index (κ1) is 25.7. The summed E-state index contributed by atoms with van der Waals surface area (Å²) in [5.74, 6) is -2.86. The van der Waals surface area contributed by atoms with Crippen molar-refractivity contribution in [2.24, 2.45) is 11.8 Å². The van der Waals surface area contributed by atoms with Crippen LogP contribution < -0.4 is 0 Å². The Morgan fingerprint density at radius 3 is 2.54 bits per heavy atom. The molecule has 2 fully saturated rings. The summed E-state index contributed by atoms with van der Waals surface area (Å²) in [5.41, 5.74) is -1.43. The summed E-state index contributed by atoms with van der Waals surface area (Å²) in [4.78, 5) is 45.4. The van der Waals surface area contributed by atoms with Gasteiger partial charge in [-0.25, -0.2) is 0 Å². The Labute approximate surface area is 217 Å². The van der Waals surface area contributed by atoms with E-state index in [9.17, 15) is 19.5 Å². The number of cyclic esters (lactones) is 1. The Bertz CT molecular complexity index is 1100. The molecule has 4 aliphatic heterocycles. The third-order valence-electron chi connectivity index (χ3n) is 8.45. The lowest BCUT2D eigenvalue weighted by molar-refractivity contribution is -0.163. The van der Waals surface area contributed by atoms with Crippen LogP contribution >= 0.6 is 0 Å². The number of benzene rings is 1. The van der Waals surface area contributed by atoms with E-state index < -0.39 is 41.1 Å². The highest BCUT2D eigenvalue weighted by atomic mass is 16.6. The highest BCUT2D eigenvalue weighted by molar-refractivity contribution is 5.99. The van der Waals surface area contributed by atoms with Crippen molar-refractivity contribution in [1.29, 1.82) is 0 Å². The van der Waals surface area contributed by atoms with E-state index >= 15 is 0 Å². The molecule has 4 heterocycles. The first-order chi connectivity index (χ1) is 17.9. The van der Waals surface area contributed by atoms with Gasteiger partial charge in [0.2, 0.25) is 11.8 Å². The van der Waals surface area contributed by atoms with E-state index in [2.05, 4.69) is 0 Å². The van der Waals surface area contributed by atoms with Gasteiger partial charge in [-0.2, -0.15) is 0 Å². The number of allylic oxidation sites excluding steroid dienone is 1. The molecule has 1 spiro atoms. The summed E-state index contributed by atoms with van der Waals surface area (Å²) < 4.78 is 12.5. The van der Waals surface area contributed by atoms with Crippen molar-refractivity contribution < 1.29 is 29.0 Å². The number of ether oxygens (including phenoxy) is 2. The monoisotopic (exact) mass is 508 g/mol. The van der Waals surface area contributed by atoms with Crippen LogP contribution in [0.25, 0.3) is 0 Å². The van der Waals surface area contributed by atoms with E-state index in [0.29, 0.717) is 32.4 Å². The molecule has 8 nitrogen and oxygen atoms in total. The quantitative estimate of drug-likeness (QED) is 0.469. The molecule has 2 amide bonds. The van der Waals surface area contributed by atoms with Crippen molar-refractivity contribution in [2.75, 3.05) is 19.8 Å². The first-order valence-corrected chi connectivity index (χ1v) is 13.4. The maximum Gasteiger partial charge on any atom is 0.313 e. The molecule has 6 atom stereocenters. The number of likely N-dealkylation sites (tertiary alicyclic amines) is 1. The lowest BCUT2D eigenvalue weighted by Crippen LogP contribution is -2.58. The summed E-state index contributed by atoms with van der Waals surface area (Å²) in [7, 11) is 0. The van der Waals surface area contributed by atoms with Gasteiger partial charge in [0.1, 0.15) is 23.2 Å². The van der Waals surface area contributed by atoms with Gasteiger partial charge in [0.15, 0.2) is 0 Å². The molecule has 5 rings (SSSR count). The van der Waals surface area contributed by atoms with Crippen LogP contribution in [0.15, 0.2) is 54.6 Å². The van der Waals surface area contributed by atoms with Gasteiger partial charge in [0, 0.05) is 13.1 Å². The maximum atomic E-state index is 14.3. The van der Waals surface area contributed by atoms with Gasteiger partial charge in [0.25, 0.3) is 0 Å². The third-order valence-corrected chi connectivity index (χ3v) is 8.45. The Balaban J connectivity index is 1.65. The highest BCUT2D eigenvalue weighted by Crippen LogP contribution is 2.58. The minimum atomic E-state index is -1.34. The van der Waals surface area contributed by atoms with E-state index in [1.165, 1.54) is 4.90 Å². The topological polar surface area (TPSA) is 96.4 Å². The highest BCUT2D eigenvalue weighted by Gasteiger charge is 2.75. The van der Waals surface area contributed by atoms with Crippen LogP contribution in [0, 0.1) is 11.8 Å². The molecule has 8 heteroatoms.